The van der Waals surface area contributed by atoms with Gasteiger partial charge >= 0.3 is 0 Å². The van der Waals surface area contributed by atoms with Crippen LogP contribution in [0.4, 0.5) is 0 Å². The third-order valence-corrected chi connectivity index (χ3v) is 4.68. The van der Waals surface area contributed by atoms with Crippen molar-refractivity contribution in [2.75, 3.05) is 19.7 Å². The maximum absolute atomic E-state index is 12.6. The number of carbonyl (C=O) groups excluding carboxylic acids is 1. The van der Waals surface area contributed by atoms with Gasteiger partial charge in [-0.1, -0.05) is 19.1 Å². The number of carbonyl (C=O) groups is 1. The van der Waals surface area contributed by atoms with Crippen molar-refractivity contribution < 1.29 is 9.53 Å². The first-order valence-corrected chi connectivity index (χ1v) is 7.91. The largest absolute Gasteiger partial charge is 0.493 e. The molecular formula is C17H25ClN2O2. The van der Waals surface area contributed by atoms with Crippen molar-refractivity contribution in [1.29, 1.82) is 0 Å². The van der Waals surface area contributed by atoms with E-state index >= 15 is 0 Å². The molecule has 122 valence electrons. The minimum Gasteiger partial charge on any atom is -0.493 e. The number of likely N-dealkylation sites (tertiary alicyclic amines) is 1. The topological polar surface area (TPSA) is 55.6 Å². The van der Waals surface area contributed by atoms with E-state index in [-0.39, 0.29) is 24.4 Å². The van der Waals surface area contributed by atoms with E-state index in [4.69, 9.17) is 10.5 Å². The second kappa shape index (κ2) is 7.34. The average molecular weight is 325 g/mol. The lowest BCUT2D eigenvalue weighted by atomic mass is 9.92. The first kappa shape index (κ1) is 17.1. The van der Waals surface area contributed by atoms with Gasteiger partial charge in [-0.05, 0) is 36.0 Å². The summed E-state index contributed by atoms with van der Waals surface area (Å²) in [4.78, 5) is 14.6. The van der Waals surface area contributed by atoms with Gasteiger partial charge in [0.25, 0.3) is 0 Å². The quantitative estimate of drug-likeness (QED) is 0.927. The highest BCUT2D eigenvalue weighted by atomic mass is 35.5. The van der Waals surface area contributed by atoms with Gasteiger partial charge in [0.15, 0.2) is 0 Å². The van der Waals surface area contributed by atoms with E-state index < -0.39 is 0 Å². The van der Waals surface area contributed by atoms with Gasteiger partial charge < -0.3 is 15.4 Å². The van der Waals surface area contributed by atoms with Crippen molar-refractivity contribution in [3.8, 4) is 5.75 Å². The fraction of sp³-hybridized carbons (Fsp3) is 0.588. The van der Waals surface area contributed by atoms with Crippen LogP contribution in [0, 0.1) is 5.92 Å². The Labute approximate surface area is 138 Å². The molecular weight excluding hydrogens is 300 g/mol. The molecule has 1 fully saturated rings. The molecule has 1 aromatic rings. The molecule has 0 spiro atoms. The summed E-state index contributed by atoms with van der Waals surface area (Å²) >= 11 is 0. The van der Waals surface area contributed by atoms with E-state index in [1.807, 2.05) is 17.0 Å². The predicted molar refractivity (Wildman–Crippen MR) is 89.5 cm³/mol. The maximum Gasteiger partial charge on any atom is 0.227 e. The summed E-state index contributed by atoms with van der Waals surface area (Å²) in [5.41, 5.74) is 8.16. The maximum atomic E-state index is 12.6. The van der Waals surface area contributed by atoms with Gasteiger partial charge in [-0.2, -0.15) is 0 Å². The van der Waals surface area contributed by atoms with Gasteiger partial charge in [0.2, 0.25) is 5.91 Å². The Hall–Kier alpha value is -1.26. The summed E-state index contributed by atoms with van der Waals surface area (Å²) in [6.45, 7) is 4.40. The molecule has 4 nitrogen and oxygen atoms in total. The predicted octanol–water partition coefficient (Wildman–Crippen LogP) is 2.17. The number of amides is 1. The second-order valence-corrected chi connectivity index (χ2v) is 6.32. The summed E-state index contributed by atoms with van der Waals surface area (Å²) in [6, 6.07) is 6.32. The van der Waals surface area contributed by atoms with Crippen LogP contribution >= 0.6 is 12.4 Å². The molecule has 3 rings (SSSR count). The van der Waals surface area contributed by atoms with Gasteiger partial charge in [0, 0.05) is 25.6 Å². The Morgan fingerprint density at radius 2 is 2.27 bits per heavy atom. The molecule has 2 aliphatic rings. The molecule has 1 saturated heterocycles. The summed E-state index contributed by atoms with van der Waals surface area (Å²) in [7, 11) is 0. The molecule has 0 aromatic heterocycles. The van der Waals surface area contributed by atoms with Crippen LogP contribution in [0.3, 0.4) is 0 Å². The first-order valence-electron chi connectivity index (χ1n) is 7.91. The zero-order valence-corrected chi connectivity index (χ0v) is 13.9. The molecule has 5 heteroatoms. The Balaban J connectivity index is 0.00000176. The fourth-order valence-corrected chi connectivity index (χ4v) is 3.43. The van der Waals surface area contributed by atoms with Crippen molar-refractivity contribution in [2.45, 2.75) is 38.6 Å². The molecule has 2 unspecified atom stereocenters. The number of nitrogens with zero attached hydrogens (tertiary/aromatic N) is 1. The monoisotopic (exact) mass is 324 g/mol. The smallest absolute Gasteiger partial charge is 0.227 e. The van der Waals surface area contributed by atoms with Crippen LogP contribution in [0.2, 0.25) is 0 Å². The van der Waals surface area contributed by atoms with E-state index in [1.54, 1.807) is 0 Å². The molecule has 2 heterocycles. The van der Waals surface area contributed by atoms with Crippen molar-refractivity contribution >= 4 is 18.3 Å². The number of halogens is 1. The number of rotatable bonds is 3. The third kappa shape index (κ3) is 3.55. The second-order valence-electron chi connectivity index (χ2n) is 6.32. The Kier molecular flexibility index (Phi) is 5.70. The van der Waals surface area contributed by atoms with Crippen molar-refractivity contribution in [3.05, 3.63) is 29.3 Å². The molecule has 2 atom stereocenters. The molecule has 1 amide bonds. The number of nitrogens with two attached hydrogens (primary N) is 1. The Morgan fingerprint density at radius 3 is 3.05 bits per heavy atom. The zero-order valence-electron chi connectivity index (χ0n) is 13.1. The van der Waals surface area contributed by atoms with Crippen LogP contribution in [0.1, 0.15) is 30.9 Å². The van der Waals surface area contributed by atoms with Crippen molar-refractivity contribution in [2.24, 2.45) is 11.7 Å². The highest BCUT2D eigenvalue weighted by molar-refractivity contribution is 5.85. The zero-order chi connectivity index (χ0) is 14.8. The molecule has 0 aliphatic carbocycles. The standard InChI is InChI=1S/C17H24N2O2.ClH/c1-12-4-6-19(15(8-12)11-18)17(20)10-13-2-3-16-14(9-13)5-7-21-16;/h2-3,9,12,15H,4-8,10-11,18H2,1H3;1H. The number of piperidine rings is 1. The molecule has 0 saturated carbocycles. The molecule has 2 aliphatic heterocycles. The molecule has 0 radical (unpaired) electrons. The third-order valence-electron chi connectivity index (χ3n) is 4.68. The van der Waals surface area contributed by atoms with E-state index in [0.29, 0.717) is 18.9 Å². The number of fused-ring (bicyclic) bond motifs is 1. The van der Waals surface area contributed by atoms with Gasteiger partial charge in [0.1, 0.15) is 5.75 Å². The molecule has 22 heavy (non-hydrogen) atoms. The van der Waals surface area contributed by atoms with Gasteiger partial charge in [0.05, 0.1) is 13.0 Å². The number of hydrogen-bond donors (Lipinski definition) is 1. The van der Waals surface area contributed by atoms with Gasteiger partial charge in [-0.25, -0.2) is 0 Å². The van der Waals surface area contributed by atoms with E-state index in [2.05, 4.69) is 13.0 Å². The van der Waals surface area contributed by atoms with Gasteiger partial charge in [-0.15, -0.1) is 12.4 Å². The summed E-state index contributed by atoms with van der Waals surface area (Å²) in [5.74, 6) is 1.84. The summed E-state index contributed by atoms with van der Waals surface area (Å²) in [6.07, 6.45) is 3.53. The highest BCUT2D eigenvalue weighted by Crippen LogP contribution is 2.27. The molecule has 0 bridgehead atoms. The van der Waals surface area contributed by atoms with Crippen LogP contribution in [0.5, 0.6) is 5.75 Å². The number of ether oxygens (including phenoxy) is 1. The van der Waals surface area contributed by atoms with E-state index in [0.717, 1.165) is 43.7 Å². The molecule has 1 aromatic carbocycles. The number of hydrogen-bond acceptors (Lipinski definition) is 3. The molecule has 2 N–H and O–H groups in total. The average Bonchev–Trinajstić information content (AvgIpc) is 2.94. The SMILES string of the molecule is CC1CCN(C(=O)Cc2ccc3c(c2)CCO3)C(CN)C1.Cl. The lowest BCUT2D eigenvalue weighted by Crippen LogP contribution is -2.49. The van der Waals surface area contributed by atoms with Crippen molar-refractivity contribution in [3.63, 3.8) is 0 Å². The fourth-order valence-electron chi connectivity index (χ4n) is 3.43. The number of benzene rings is 1. The van der Waals surface area contributed by atoms with Crippen LogP contribution < -0.4 is 10.5 Å². The van der Waals surface area contributed by atoms with Crippen LogP contribution in [0.25, 0.3) is 0 Å². The minimum absolute atomic E-state index is 0. The lowest BCUT2D eigenvalue weighted by molar-refractivity contribution is -0.134. The normalized spacial score (nSPS) is 23.5. The van der Waals surface area contributed by atoms with Crippen LogP contribution in [-0.4, -0.2) is 36.5 Å². The van der Waals surface area contributed by atoms with Crippen molar-refractivity contribution in [1.82, 2.24) is 4.90 Å². The Bertz CT molecular complexity index is 535. The first-order chi connectivity index (χ1) is 10.2. The highest BCUT2D eigenvalue weighted by Gasteiger charge is 2.28. The van der Waals surface area contributed by atoms with Crippen LogP contribution in [0.15, 0.2) is 18.2 Å². The van der Waals surface area contributed by atoms with Gasteiger partial charge in [-0.3, -0.25) is 4.79 Å². The lowest BCUT2D eigenvalue weighted by Gasteiger charge is -2.38. The van der Waals surface area contributed by atoms with E-state index in [1.165, 1.54) is 5.56 Å². The van der Waals surface area contributed by atoms with Crippen LogP contribution in [-0.2, 0) is 17.6 Å². The summed E-state index contributed by atoms with van der Waals surface area (Å²) in [5, 5.41) is 0. The Morgan fingerprint density at radius 1 is 1.45 bits per heavy atom. The minimum atomic E-state index is 0. The summed E-state index contributed by atoms with van der Waals surface area (Å²) < 4.78 is 5.51. The van der Waals surface area contributed by atoms with E-state index in [9.17, 15) is 4.79 Å².